The molecule has 0 aliphatic rings. The zero-order valence-corrected chi connectivity index (χ0v) is 10.1. The van der Waals surface area contributed by atoms with Gasteiger partial charge in [-0.1, -0.05) is 0 Å². The van der Waals surface area contributed by atoms with Crippen LogP contribution in [-0.4, -0.2) is 76.1 Å². The molecule has 0 saturated heterocycles. The second-order valence-electron chi connectivity index (χ2n) is 0. The third-order valence-corrected chi connectivity index (χ3v) is 0. The van der Waals surface area contributed by atoms with Crippen molar-refractivity contribution in [2.45, 2.75) is 0 Å². The molecule has 0 nitrogen and oxygen atoms in total. The van der Waals surface area contributed by atoms with Crippen molar-refractivity contribution in [2.24, 2.45) is 0 Å². The monoisotopic (exact) mass is 285 g/mol. The predicted molar refractivity (Wildman–Crippen MR) is 24.5 cm³/mol. The third kappa shape index (κ3) is 8.84. The van der Waals surface area contributed by atoms with Gasteiger partial charge in [0, 0.05) is 17.4 Å². The van der Waals surface area contributed by atoms with Crippen molar-refractivity contribution in [3.8, 4) is 0 Å². The van der Waals surface area contributed by atoms with Crippen LogP contribution in [0.15, 0.2) is 0 Å². The summed E-state index contributed by atoms with van der Waals surface area (Å²) in [7, 11) is 0. The summed E-state index contributed by atoms with van der Waals surface area (Å²) < 4.78 is 0. The normalized spacial score (nSPS) is 0. The van der Waals surface area contributed by atoms with Crippen LogP contribution in [0.25, 0.3) is 0 Å². The minimum absolute atomic E-state index is 0. The van der Waals surface area contributed by atoms with Crippen LogP contribution in [0, 0.1) is 0 Å². The van der Waals surface area contributed by atoms with Gasteiger partial charge in [-0.25, -0.2) is 0 Å². The van der Waals surface area contributed by atoms with Gasteiger partial charge >= 0.3 is 76.1 Å². The van der Waals surface area contributed by atoms with Gasteiger partial charge in [0.05, 0.1) is 0 Å². The van der Waals surface area contributed by atoms with Crippen molar-refractivity contribution in [1.82, 2.24) is 0 Å². The molecule has 0 heterocycles. The van der Waals surface area contributed by atoms with Gasteiger partial charge in [0.15, 0.2) is 0 Å². The molecule has 0 aromatic rings. The van der Waals surface area contributed by atoms with Gasteiger partial charge in [0.1, 0.15) is 0 Å². The Labute approximate surface area is 97.3 Å². The predicted octanol–water partition coefficient (Wildman–Crippen LogP) is -1.23. The third-order valence-electron chi connectivity index (χ3n) is 0. The van der Waals surface area contributed by atoms with Crippen molar-refractivity contribution in [1.29, 1.82) is 0 Å². The van der Waals surface area contributed by atoms with E-state index in [1.807, 2.05) is 0 Å². The van der Waals surface area contributed by atoms with E-state index in [0.717, 1.165) is 0 Å². The fourth-order valence-electron chi connectivity index (χ4n) is 0. The van der Waals surface area contributed by atoms with E-state index in [0.29, 0.717) is 0 Å². The summed E-state index contributed by atoms with van der Waals surface area (Å²) >= 11 is 0. The molecule has 0 aromatic carbocycles. The summed E-state index contributed by atoms with van der Waals surface area (Å²) in [4.78, 5) is 0. The standard InChI is InChI=1S/Ba.Be.Cr.H2Se.4H/h;;;1H2;;;;/q2*+2;;;4*-1. The van der Waals surface area contributed by atoms with Crippen LogP contribution in [0.3, 0.4) is 0 Å². The summed E-state index contributed by atoms with van der Waals surface area (Å²) in [5.74, 6) is 0. The van der Waals surface area contributed by atoms with Crippen LogP contribution >= 0.6 is 0 Å². The summed E-state index contributed by atoms with van der Waals surface area (Å²) in [5, 5.41) is 0. The van der Waals surface area contributed by atoms with E-state index in [9.17, 15) is 0 Å². The van der Waals surface area contributed by atoms with E-state index >= 15 is 0 Å². The van der Waals surface area contributed by atoms with Crippen LogP contribution in [0.4, 0.5) is 0 Å². The van der Waals surface area contributed by atoms with Gasteiger partial charge in [-0.05, 0) is 0 Å². The van der Waals surface area contributed by atoms with Crippen molar-refractivity contribution in [3.05, 3.63) is 0 Å². The van der Waals surface area contributed by atoms with Crippen LogP contribution in [-0.2, 0) is 17.4 Å². The summed E-state index contributed by atoms with van der Waals surface area (Å²) in [6.07, 6.45) is 0. The van der Waals surface area contributed by atoms with Crippen LogP contribution < -0.4 is 0 Å². The molecular formula is H6BaBeCrSe. The molecule has 0 spiro atoms. The maximum absolute atomic E-state index is 0. The number of hydrogen-bond acceptors (Lipinski definition) is 0. The van der Waals surface area contributed by atoms with Crippen molar-refractivity contribution in [3.63, 3.8) is 0 Å². The first kappa shape index (κ1) is 29.2. The second-order valence-corrected chi connectivity index (χ2v) is 0. The van der Waals surface area contributed by atoms with E-state index in [4.69, 9.17) is 0 Å². The number of rotatable bonds is 0. The average molecular weight is 283 g/mol. The summed E-state index contributed by atoms with van der Waals surface area (Å²) in [6.45, 7) is 0. The second kappa shape index (κ2) is 17.1. The van der Waals surface area contributed by atoms with Crippen molar-refractivity contribution >= 4 is 76.1 Å². The first-order valence-corrected chi connectivity index (χ1v) is 0. The fourth-order valence-corrected chi connectivity index (χ4v) is 0. The van der Waals surface area contributed by atoms with Crippen LogP contribution in [0.1, 0.15) is 5.71 Å². The van der Waals surface area contributed by atoms with Crippen LogP contribution in [0.2, 0.25) is 0 Å². The van der Waals surface area contributed by atoms with E-state index in [1.165, 1.54) is 0 Å². The van der Waals surface area contributed by atoms with Gasteiger partial charge < -0.3 is 5.71 Å². The Morgan fingerprint density at radius 1 is 1.25 bits per heavy atom. The Bertz CT molecular complexity index is 16.0. The van der Waals surface area contributed by atoms with E-state index in [1.54, 1.807) is 0 Å². The zero-order valence-electron chi connectivity index (χ0n) is 6.32. The molecule has 0 aliphatic carbocycles. The molecule has 0 bridgehead atoms. The number of hydrogen-bond donors (Lipinski definition) is 0. The molecule has 0 amide bonds. The summed E-state index contributed by atoms with van der Waals surface area (Å²) in [6, 6.07) is 0. The molecule has 0 N–H and O–H groups in total. The quantitative estimate of drug-likeness (QED) is 0.489. The maximum atomic E-state index is 0. The van der Waals surface area contributed by atoms with Gasteiger partial charge in [-0.2, -0.15) is 0 Å². The zero-order chi connectivity index (χ0) is 0. The first-order chi connectivity index (χ1) is 0. The topological polar surface area (TPSA) is 0 Å². The van der Waals surface area contributed by atoms with Gasteiger partial charge in [0.2, 0.25) is 0 Å². The Hall–Kier alpha value is 2.79. The molecule has 4 heteroatoms. The Balaban J connectivity index is 0. The minimum atomic E-state index is 0. The van der Waals surface area contributed by atoms with Gasteiger partial charge in [-0.3, -0.25) is 0 Å². The molecular weight excluding hydrogens is 277 g/mol. The molecule has 22 valence electrons. The molecule has 0 saturated carbocycles. The molecule has 0 fully saturated rings. The van der Waals surface area contributed by atoms with E-state index in [-0.39, 0.29) is 99.1 Å². The molecule has 0 aromatic heterocycles. The SMILES string of the molecule is [Ba+2].[Be+2].[Cr].[H-].[H-].[H-].[H-].[SeH2]. The Morgan fingerprint density at radius 2 is 1.25 bits per heavy atom. The van der Waals surface area contributed by atoms with E-state index < -0.39 is 0 Å². The van der Waals surface area contributed by atoms with Crippen molar-refractivity contribution < 1.29 is 23.1 Å². The van der Waals surface area contributed by atoms with E-state index in [2.05, 4.69) is 0 Å². The Kier molecular flexibility index (Phi) is 125. The molecule has 0 atom stereocenters. The first-order valence-electron chi connectivity index (χ1n) is 0. The Morgan fingerprint density at radius 3 is 1.25 bits per heavy atom. The fraction of sp³-hybridized carbons (Fsp3) is 0. The molecule has 0 radical (unpaired) electrons. The van der Waals surface area contributed by atoms with Crippen molar-refractivity contribution in [2.75, 3.05) is 0 Å². The average Bonchev–Trinajstić information content (AvgIpc) is 0. The summed E-state index contributed by atoms with van der Waals surface area (Å²) in [5.41, 5.74) is 0. The molecule has 0 unspecified atom stereocenters. The molecule has 0 aliphatic heterocycles. The molecule has 0 rings (SSSR count). The van der Waals surface area contributed by atoms with Crippen LogP contribution in [0.5, 0.6) is 0 Å². The van der Waals surface area contributed by atoms with Gasteiger partial charge in [0.25, 0.3) is 0 Å². The van der Waals surface area contributed by atoms with Gasteiger partial charge in [-0.15, -0.1) is 0 Å². The molecule has 4 heavy (non-hydrogen) atoms.